The molecule has 0 spiro atoms. The van der Waals surface area contributed by atoms with E-state index in [9.17, 15) is 24.3 Å². The Morgan fingerprint density at radius 3 is 1.94 bits per heavy atom. The first kappa shape index (κ1) is 24.3. The van der Waals surface area contributed by atoms with Gasteiger partial charge in [0, 0.05) is 34.1 Å². The Balaban J connectivity index is 2.52. The van der Waals surface area contributed by atoms with E-state index < -0.39 is 60.7 Å². The SMILES string of the molecule is CC(=O)OC[C@@H]1O[C@](O)(Cc2ccccc2)[C@@H](OC(C)=O)[C@@H](OC(C)=O)[C@@H]1OC(C)=O. The van der Waals surface area contributed by atoms with E-state index in [2.05, 4.69) is 0 Å². The zero-order valence-electron chi connectivity index (χ0n) is 17.7. The summed E-state index contributed by atoms with van der Waals surface area (Å²) in [6, 6.07) is 8.69. The molecule has 0 radical (unpaired) electrons. The lowest BCUT2D eigenvalue weighted by atomic mass is 9.88. The van der Waals surface area contributed by atoms with Crippen LogP contribution in [0.2, 0.25) is 0 Å². The van der Waals surface area contributed by atoms with Crippen LogP contribution in [0.15, 0.2) is 30.3 Å². The highest BCUT2D eigenvalue weighted by Crippen LogP contribution is 2.36. The minimum Gasteiger partial charge on any atom is -0.463 e. The zero-order valence-corrected chi connectivity index (χ0v) is 17.7. The molecule has 0 unspecified atom stereocenters. The van der Waals surface area contributed by atoms with Crippen molar-refractivity contribution in [2.45, 2.75) is 64.3 Å². The van der Waals surface area contributed by atoms with Gasteiger partial charge in [0.2, 0.25) is 5.79 Å². The van der Waals surface area contributed by atoms with Gasteiger partial charge in [-0.2, -0.15) is 0 Å². The van der Waals surface area contributed by atoms with Gasteiger partial charge in [-0.3, -0.25) is 19.2 Å². The number of hydrogen-bond donors (Lipinski definition) is 1. The number of ether oxygens (including phenoxy) is 5. The van der Waals surface area contributed by atoms with E-state index in [4.69, 9.17) is 23.7 Å². The maximum Gasteiger partial charge on any atom is 0.303 e. The van der Waals surface area contributed by atoms with Crippen molar-refractivity contribution in [3.63, 3.8) is 0 Å². The second-order valence-corrected chi connectivity index (χ2v) is 7.14. The molecule has 0 saturated carbocycles. The van der Waals surface area contributed by atoms with E-state index in [1.807, 2.05) is 0 Å². The number of carbonyl (C=O) groups is 4. The van der Waals surface area contributed by atoms with Crippen LogP contribution in [0.4, 0.5) is 0 Å². The summed E-state index contributed by atoms with van der Waals surface area (Å²) < 4.78 is 26.7. The summed E-state index contributed by atoms with van der Waals surface area (Å²) >= 11 is 0. The molecule has 1 fully saturated rings. The first-order chi connectivity index (χ1) is 14.5. The molecule has 1 aliphatic heterocycles. The fraction of sp³-hybridized carbons (Fsp3) is 0.524. The first-order valence-electron chi connectivity index (χ1n) is 9.61. The lowest BCUT2D eigenvalue weighted by molar-refractivity contribution is -0.351. The maximum absolute atomic E-state index is 11.8. The molecular weight excluding hydrogens is 412 g/mol. The van der Waals surface area contributed by atoms with Gasteiger partial charge in [-0.25, -0.2) is 0 Å². The summed E-state index contributed by atoms with van der Waals surface area (Å²) in [5, 5.41) is 11.4. The van der Waals surface area contributed by atoms with E-state index in [0.717, 1.165) is 20.8 Å². The van der Waals surface area contributed by atoms with Gasteiger partial charge < -0.3 is 28.8 Å². The van der Waals surface area contributed by atoms with Gasteiger partial charge in [0.15, 0.2) is 18.3 Å². The van der Waals surface area contributed by atoms with Crippen molar-refractivity contribution in [1.82, 2.24) is 0 Å². The molecule has 1 heterocycles. The first-order valence-corrected chi connectivity index (χ1v) is 9.61. The summed E-state index contributed by atoms with van der Waals surface area (Å²) in [4.78, 5) is 46.7. The predicted octanol–water partition coefficient (Wildman–Crippen LogP) is 0.675. The third-order valence-electron chi connectivity index (χ3n) is 4.44. The monoisotopic (exact) mass is 438 g/mol. The standard InChI is InChI=1S/C21H26O10/c1-12(22)27-11-17-18(28-13(2)23)19(29-14(3)24)20(30-15(4)25)21(26,31-17)10-16-8-6-5-7-9-16/h5-9,17-20,26H,10-11H2,1-4H3/t17-,18+,19-,20-,21+/m0/s1. The number of carbonyl (C=O) groups excluding carboxylic acids is 4. The normalized spacial score (nSPS) is 27.6. The topological polar surface area (TPSA) is 135 Å². The van der Waals surface area contributed by atoms with Crippen LogP contribution in [0.25, 0.3) is 0 Å². The van der Waals surface area contributed by atoms with Crippen LogP contribution in [0.5, 0.6) is 0 Å². The van der Waals surface area contributed by atoms with Gasteiger partial charge in [0.25, 0.3) is 0 Å². The van der Waals surface area contributed by atoms with Crippen LogP contribution in [0.1, 0.15) is 33.3 Å². The Kier molecular flexibility index (Phi) is 8.12. The van der Waals surface area contributed by atoms with Gasteiger partial charge in [0.1, 0.15) is 12.7 Å². The van der Waals surface area contributed by atoms with E-state index in [1.54, 1.807) is 30.3 Å². The van der Waals surface area contributed by atoms with Crippen LogP contribution in [-0.4, -0.2) is 65.8 Å². The van der Waals surface area contributed by atoms with Gasteiger partial charge in [-0.15, -0.1) is 0 Å². The third-order valence-corrected chi connectivity index (χ3v) is 4.44. The number of rotatable bonds is 7. The molecule has 5 atom stereocenters. The molecule has 1 saturated heterocycles. The molecule has 0 amide bonds. The largest absolute Gasteiger partial charge is 0.463 e. The van der Waals surface area contributed by atoms with Crippen LogP contribution in [0, 0.1) is 0 Å². The number of benzene rings is 1. The van der Waals surface area contributed by atoms with Crippen LogP contribution in [-0.2, 0) is 49.3 Å². The lowest BCUT2D eigenvalue weighted by Gasteiger charge is -2.48. The highest BCUT2D eigenvalue weighted by atomic mass is 16.7. The lowest BCUT2D eigenvalue weighted by Crippen LogP contribution is -2.68. The molecule has 1 aromatic carbocycles. The minimum atomic E-state index is -2.19. The molecule has 0 aliphatic carbocycles. The van der Waals surface area contributed by atoms with Gasteiger partial charge in [0.05, 0.1) is 0 Å². The summed E-state index contributed by atoms with van der Waals surface area (Å²) in [6.07, 6.45) is -5.65. The van der Waals surface area contributed by atoms with E-state index >= 15 is 0 Å². The van der Waals surface area contributed by atoms with Crippen LogP contribution >= 0.6 is 0 Å². The van der Waals surface area contributed by atoms with Crippen molar-refractivity contribution in [2.75, 3.05) is 6.61 Å². The smallest absolute Gasteiger partial charge is 0.303 e. The Morgan fingerprint density at radius 2 is 1.42 bits per heavy atom. The third kappa shape index (κ3) is 6.76. The highest BCUT2D eigenvalue weighted by Gasteiger charge is 2.59. The minimum absolute atomic E-state index is 0.160. The van der Waals surface area contributed by atoms with Crippen LogP contribution in [0.3, 0.4) is 0 Å². The molecule has 0 aromatic heterocycles. The molecule has 0 bridgehead atoms. The predicted molar refractivity (Wildman–Crippen MR) is 103 cm³/mol. The molecule has 1 aliphatic rings. The molecule has 170 valence electrons. The van der Waals surface area contributed by atoms with Gasteiger partial charge in [-0.1, -0.05) is 30.3 Å². The molecule has 2 rings (SSSR count). The van der Waals surface area contributed by atoms with Gasteiger partial charge >= 0.3 is 23.9 Å². The Bertz CT molecular complexity index is 808. The van der Waals surface area contributed by atoms with Gasteiger partial charge in [-0.05, 0) is 5.56 Å². The van der Waals surface area contributed by atoms with E-state index in [0.29, 0.717) is 5.56 Å². The number of aliphatic hydroxyl groups is 1. The highest BCUT2D eigenvalue weighted by molar-refractivity contribution is 5.68. The summed E-state index contributed by atoms with van der Waals surface area (Å²) in [7, 11) is 0. The average molecular weight is 438 g/mol. The van der Waals surface area contributed by atoms with E-state index in [1.165, 1.54) is 6.92 Å². The van der Waals surface area contributed by atoms with Crippen molar-refractivity contribution >= 4 is 23.9 Å². The molecule has 1 N–H and O–H groups in total. The Morgan fingerprint density at radius 1 is 0.871 bits per heavy atom. The van der Waals surface area contributed by atoms with E-state index in [-0.39, 0.29) is 6.42 Å². The molecule has 10 nitrogen and oxygen atoms in total. The van der Waals surface area contributed by atoms with Crippen molar-refractivity contribution < 1.29 is 48.0 Å². The summed E-state index contributed by atoms with van der Waals surface area (Å²) in [5.74, 6) is -5.11. The maximum atomic E-state index is 11.8. The second-order valence-electron chi connectivity index (χ2n) is 7.14. The fourth-order valence-electron chi connectivity index (χ4n) is 3.39. The quantitative estimate of drug-likeness (QED) is 0.478. The van der Waals surface area contributed by atoms with Crippen molar-refractivity contribution in [2.24, 2.45) is 0 Å². The second kappa shape index (κ2) is 10.4. The molecular formula is C21H26O10. The molecule has 31 heavy (non-hydrogen) atoms. The summed E-state index contributed by atoms with van der Waals surface area (Å²) in [5.41, 5.74) is 0.626. The Hall–Kier alpha value is -2.98. The van der Waals surface area contributed by atoms with Crippen molar-refractivity contribution in [3.05, 3.63) is 35.9 Å². The zero-order chi connectivity index (χ0) is 23.2. The molecule has 1 aromatic rings. The number of hydrogen-bond acceptors (Lipinski definition) is 10. The average Bonchev–Trinajstić information content (AvgIpc) is 2.65. The summed E-state index contributed by atoms with van der Waals surface area (Å²) in [6.45, 7) is 4.11. The van der Waals surface area contributed by atoms with Crippen molar-refractivity contribution in [1.29, 1.82) is 0 Å². The molecule has 10 heteroatoms. The Labute approximate surface area is 179 Å². The number of esters is 4. The van der Waals surface area contributed by atoms with Crippen molar-refractivity contribution in [3.8, 4) is 0 Å². The van der Waals surface area contributed by atoms with Crippen LogP contribution < -0.4 is 0 Å². The fourth-order valence-corrected chi connectivity index (χ4v) is 3.39.